The lowest BCUT2D eigenvalue weighted by atomic mass is 10.1. The summed E-state index contributed by atoms with van der Waals surface area (Å²) in [6.45, 7) is 4.20. The number of Topliss-reactive ketones (excluding diaryl/α,β-unsaturated/α-hetero) is 1. The van der Waals surface area contributed by atoms with E-state index in [0.717, 1.165) is 18.8 Å². The maximum absolute atomic E-state index is 13.0. The number of nitrogens with zero attached hydrogens (tertiary/aromatic N) is 2. The second kappa shape index (κ2) is 8.86. The molecule has 3 rings (SSSR count). The fraction of sp³-hybridized carbons (Fsp3) is 0.364. The molecule has 1 heterocycles. The Labute approximate surface area is 170 Å². The maximum Gasteiger partial charge on any atom is 0.254 e. The van der Waals surface area contributed by atoms with Crippen LogP contribution in [0.3, 0.4) is 0 Å². The van der Waals surface area contributed by atoms with Gasteiger partial charge in [0, 0.05) is 43.0 Å². The molecule has 1 amide bonds. The van der Waals surface area contributed by atoms with E-state index >= 15 is 0 Å². The third kappa shape index (κ3) is 4.29. The summed E-state index contributed by atoms with van der Waals surface area (Å²) in [5.74, 6) is 1.36. The number of methoxy groups -OCH3 is 3. The summed E-state index contributed by atoms with van der Waals surface area (Å²) in [7, 11) is 4.59. The summed E-state index contributed by atoms with van der Waals surface area (Å²) in [6, 6.07) is 10.9. The highest BCUT2D eigenvalue weighted by Gasteiger charge is 2.25. The normalized spacial score (nSPS) is 13.8. The van der Waals surface area contributed by atoms with Crippen molar-refractivity contribution in [2.24, 2.45) is 0 Å². The number of hydrogen-bond acceptors (Lipinski definition) is 6. The van der Waals surface area contributed by atoms with E-state index in [1.165, 1.54) is 21.3 Å². The molecule has 0 unspecified atom stereocenters. The van der Waals surface area contributed by atoms with Gasteiger partial charge >= 0.3 is 0 Å². The molecule has 0 bridgehead atoms. The molecule has 1 aliphatic rings. The molecule has 0 atom stereocenters. The van der Waals surface area contributed by atoms with Gasteiger partial charge in [-0.2, -0.15) is 0 Å². The van der Waals surface area contributed by atoms with Crippen molar-refractivity contribution < 1.29 is 23.8 Å². The molecule has 1 saturated heterocycles. The zero-order valence-corrected chi connectivity index (χ0v) is 17.2. The van der Waals surface area contributed by atoms with Crippen LogP contribution in [0.4, 0.5) is 5.69 Å². The molecule has 2 aromatic carbocycles. The minimum Gasteiger partial charge on any atom is -0.493 e. The van der Waals surface area contributed by atoms with E-state index in [1.807, 2.05) is 29.2 Å². The minimum absolute atomic E-state index is 0.0531. The Morgan fingerprint density at radius 2 is 1.34 bits per heavy atom. The lowest BCUT2D eigenvalue weighted by Gasteiger charge is -2.36. The van der Waals surface area contributed by atoms with Crippen molar-refractivity contribution in [2.45, 2.75) is 6.92 Å². The van der Waals surface area contributed by atoms with E-state index < -0.39 is 0 Å². The minimum atomic E-state index is -0.0733. The highest BCUT2D eigenvalue weighted by molar-refractivity contribution is 5.96. The first kappa shape index (κ1) is 20.5. The molecule has 29 heavy (non-hydrogen) atoms. The van der Waals surface area contributed by atoms with Crippen LogP contribution in [0.1, 0.15) is 27.6 Å². The molecule has 0 saturated carbocycles. The molecule has 0 N–H and O–H groups in total. The predicted molar refractivity (Wildman–Crippen MR) is 111 cm³/mol. The van der Waals surface area contributed by atoms with Crippen molar-refractivity contribution in [2.75, 3.05) is 52.4 Å². The fourth-order valence-electron chi connectivity index (χ4n) is 3.46. The molecular formula is C22H26N2O5. The summed E-state index contributed by atoms with van der Waals surface area (Å²) >= 11 is 0. The standard InChI is InChI=1S/C22H26N2O5/c1-15(25)16-5-7-18(8-6-16)23-9-11-24(12-10-23)22(26)17-13-19(27-2)21(29-4)20(14-17)28-3/h5-8,13-14H,9-12H2,1-4H3. The summed E-state index contributed by atoms with van der Waals surface area (Å²) in [5, 5.41) is 0. The molecule has 7 heteroatoms. The number of piperazine rings is 1. The fourth-order valence-corrected chi connectivity index (χ4v) is 3.46. The lowest BCUT2D eigenvalue weighted by Crippen LogP contribution is -2.48. The van der Waals surface area contributed by atoms with E-state index in [9.17, 15) is 9.59 Å². The van der Waals surface area contributed by atoms with Crippen LogP contribution >= 0.6 is 0 Å². The van der Waals surface area contributed by atoms with E-state index in [2.05, 4.69) is 4.90 Å². The van der Waals surface area contributed by atoms with E-state index in [1.54, 1.807) is 19.1 Å². The van der Waals surface area contributed by atoms with Crippen LogP contribution in [0.2, 0.25) is 0 Å². The first-order valence-electron chi connectivity index (χ1n) is 9.43. The Balaban J connectivity index is 1.70. The molecule has 1 fully saturated rings. The quantitative estimate of drug-likeness (QED) is 0.697. The van der Waals surface area contributed by atoms with Crippen molar-refractivity contribution in [3.63, 3.8) is 0 Å². The number of benzene rings is 2. The van der Waals surface area contributed by atoms with Crippen molar-refractivity contribution in [3.05, 3.63) is 47.5 Å². The van der Waals surface area contributed by atoms with Crippen LogP contribution in [-0.2, 0) is 0 Å². The first-order chi connectivity index (χ1) is 14.0. The maximum atomic E-state index is 13.0. The summed E-state index contributed by atoms with van der Waals surface area (Å²) in [4.78, 5) is 28.5. The lowest BCUT2D eigenvalue weighted by molar-refractivity contribution is 0.0745. The molecule has 154 valence electrons. The number of amides is 1. The van der Waals surface area contributed by atoms with Gasteiger partial charge in [0.05, 0.1) is 21.3 Å². The average Bonchev–Trinajstić information content (AvgIpc) is 2.77. The number of ketones is 1. The van der Waals surface area contributed by atoms with Crippen LogP contribution in [0.5, 0.6) is 17.2 Å². The number of hydrogen-bond donors (Lipinski definition) is 0. The van der Waals surface area contributed by atoms with Gasteiger partial charge in [0.1, 0.15) is 0 Å². The zero-order valence-electron chi connectivity index (χ0n) is 17.2. The van der Waals surface area contributed by atoms with Gasteiger partial charge in [-0.05, 0) is 43.3 Å². The van der Waals surface area contributed by atoms with Gasteiger partial charge in [-0.1, -0.05) is 0 Å². The van der Waals surface area contributed by atoms with Gasteiger partial charge in [0.15, 0.2) is 17.3 Å². The molecule has 0 aliphatic carbocycles. The summed E-state index contributed by atoms with van der Waals surface area (Å²) in [6.07, 6.45) is 0. The molecule has 0 spiro atoms. The molecule has 0 aromatic heterocycles. The van der Waals surface area contributed by atoms with Crippen LogP contribution < -0.4 is 19.1 Å². The van der Waals surface area contributed by atoms with Crippen LogP contribution in [0.25, 0.3) is 0 Å². The molecule has 2 aromatic rings. The monoisotopic (exact) mass is 398 g/mol. The smallest absolute Gasteiger partial charge is 0.254 e. The van der Waals surface area contributed by atoms with Crippen LogP contribution in [-0.4, -0.2) is 64.1 Å². The Hall–Kier alpha value is -3.22. The third-order valence-electron chi connectivity index (χ3n) is 5.12. The van der Waals surface area contributed by atoms with Gasteiger partial charge in [-0.15, -0.1) is 0 Å². The van der Waals surface area contributed by atoms with Crippen molar-refractivity contribution in [3.8, 4) is 17.2 Å². The largest absolute Gasteiger partial charge is 0.493 e. The number of carbonyl (C=O) groups is 2. The molecule has 0 radical (unpaired) electrons. The van der Waals surface area contributed by atoms with Crippen molar-refractivity contribution >= 4 is 17.4 Å². The van der Waals surface area contributed by atoms with Gasteiger partial charge in [0.2, 0.25) is 5.75 Å². The molecular weight excluding hydrogens is 372 g/mol. The second-order valence-corrected chi connectivity index (χ2v) is 6.80. The van der Waals surface area contributed by atoms with Gasteiger partial charge in [-0.25, -0.2) is 0 Å². The van der Waals surface area contributed by atoms with Gasteiger partial charge < -0.3 is 24.0 Å². The highest BCUT2D eigenvalue weighted by Crippen LogP contribution is 2.38. The van der Waals surface area contributed by atoms with E-state index in [4.69, 9.17) is 14.2 Å². The number of anilines is 1. The van der Waals surface area contributed by atoms with E-state index in [-0.39, 0.29) is 11.7 Å². The summed E-state index contributed by atoms with van der Waals surface area (Å²) in [5.41, 5.74) is 2.25. The van der Waals surface area contributed by atoms with Gasteiger partial charge in [0.25, 0.3) is 5.91 Å². The Kier molecular flexibility index (Phi) is 6.26. The molecule has 1 aliphatic heterocycles. The number of rotatable bonds is 6. The van der Waals surface area contributed by atoms with E-state index in [0.29, 0.717) is 41.5 Å². The first-order valence-corrected chi connectivity index (χ1v) is 9.43. The average molecular weight is 398 g/mol. The van der Waals surface area contributed by atoms with Crippen molar-refractivity contribution in [1.29, 1.82) is 0 Å². The van der Waals surface area contributed by atoms with Crippen LogP contribution in [0, 0.1) is 0 Å². The predicted octanol–water partition coefficient (Wildman–Crippen LogP) is 2.88. The van der Waals surface area contributed by atoms with Crippen LogP contribution in [0.15, 0.2) is 36.4 Å². The second-order valence-electron chi connectivity index (χ2n) is 6.80. The number of ether oxygens (including phenoxy) is 3. The summed E-state index contributed by atoms with van der Waals surface area (Å²) < 4.78 is 16.0. The molecule has 7 nitrogen and oxygen atoms in total. The Morgan fingerprint density at radius 1 is 0.793 bits per heavy atom. The highest BCUT2D eigenvalue weighted by atomic mass is 16.5. The zero-order chi connectivity index (χ0) is 21.0. The topological polar surface area (TPSA) is 68.3 Å². The Morgan fingerprint density at radius 3 is 1.79 bits per heavy atom. The number of carbonyl (C=O) groups excluding carboxylic acids is 2. The third-order valence-corrected chi connectivity index (χ3v) is 5.12. The SMILES string of the molecule is COc1cc(C(=O)N2CCN(c3ccc(C(C)=O)cc3)CC2)cc(OC)c1OC. The Bertz CT molecular complexity index is 862. The van der Waals surface area contributed by atoms with Gasteiger partial charge in [-0.3, -0.25) is 9.59 Å². The van der Waals surface area contributed by atoms with Crippen molar-refractivity contribution in [1.82, 2.24) is 4.90 Å².